The van der Waals surface area contributed by atoms with Crippen molar-refractivity contribution in [2.75, 3.05) is 30.7 Å². The zero-order chi connectivity index (χ0) is 15.5. The predicted octanol–water partition coefficient (Wildman–Crippen LogP) is 1.87. The molecule has 0 bridgehead atoms. The largest absolute Gasteiger partial charge is 0.339 e. The summed E-state index contributed by atoms with van der Waals surface area (Å²) in [6.45, 7) is 6.97. The van der Waals surface area contributed by atoms with Gasteiger partial charge in [-0.15, -0.1) is 0 Å². The van der Waals surface area contributed by atoms with Gasteiger partial charge in [0.15, 0.2) is 0 Å². The lowest BCUT2D eigenvalue weighted by Gasteiger charge is -2.22. The number of carbonyl (C=O) groups excluding carboxylic acids is 1. The van der Waals surface area contributed by atoms with Crippen LogP contribution >= 0.6 is 0 Å². The third kappa shape index (κ3) is 3.50. The van der Waals surface area contributed by atoms with E-state index in [2.05, 4.69) is 0 Å². The number of sulfonamides is 1. The standard InChI is InChI=1S/C14H22N2O3S/c1-6-16(7-2)14(17)12-8-9-13(11(3)10-12)15(4)20(5,18)19/h8-10H,6-7H2,1-5H3. The number of anilines is 1. The smallest absolute Gasteiger partial charge is 0.253 e. The van der Waals surface area contributed by atoms with Gasteiger partial charge in [-0.3, -0.25) is 9.10 Å². The Morgan fingerprint density at radius 1 is 1.20 bits per heavy atom. The quantitative estimate of drug-likeness (QED) is 0.834. The summed E-state index contributed by atoms with van der Waals surface area (Å²) in [7, 11) is -1.80. The number of nitrogens with zero attached hydrogens (tertiary/aromatic N) is 2. The van der Waals surface area contributed by atoms with Crippen LogP contribution in [0.15, 0.2) is 18.2 Å². The molecule has 5 nitrogen and oxygen atoms in total. The fourth-order valence-electron chi connectivity index (χ4n) is 2.01. The van der Waals surface area contributed by atoms with Gasteiger partial charge in [-0.1, -0.05) is 0 Å². The Bertz CT molecular complexity index is 592. The number of hydrogen-bond donors (Lipinski definition) is 0. The van der Waals surface area contributed by atoms with E-state index in [0.29, 0.717) is 24.3 Å². The normalized spacial score (nSPS) is 11.2. The first-order chi connectivity index (χ1) is 9.22. The summed E-state index contributed by atoms with van der Waals surface area (Å²) >= 11 is 0. The van der Waals surface area contributed by atoms with Crippen LogP contribution in [0, 0.1) is 6.92 Å². The van der Waals surface area contributed by atoms with E-state index in [-0.39, 0.29) is 5.91 Å². The molecule has 0 heterocycles. The molecule has 1 aromatic carbocycles. The lowest BCUT2D eigenvalue weighted by molar-refractivity contribution is 0.0773. The summed E-state index contributed by atoms with van der Waals surface area (Å²) in [5, 5.41) is 0. The third-order valence-corrected chi connectivity index (χ3v) is 4.52. The number of rotatable bonds is 5. The Morgan fingerprint density at radius 2 is 1.75 bits per heavy atom. The van der Waals surface area contributed by atoms with Gasteiger partial charge >= 0.3 is 0 Å². The molecule has 112 valence electrons. The molecule has 0 fully saturated rings. The first-order valence-electron chi connectivity index (χ1n) is 6.56. The highest BCUT2D eigenvalue weighted by atomic mass is 32.2. The van der Waals surface area contributed by atoms with E-state index in [1.165, 1.54) is 11.4 Å². The van der Waals surface area contributed by atoms with Crippen LogP contribution in [0.25, 0.3) is 0 Å². The number of benzene rings is 1. The zero-order valence-electron chi connectivity index (χ0n) is 12.7. The summed E-state index contributed by atoms with van der Waals surface area (Å²) < 4.78 is 24.3. The van der Waals surface area contributed by atoms with Crippen LogP contribution in [0.5, 0.6) is 0 Å². The molecule has 0 unspecified atom stereocenters. The third-order valence-electron chi connectivity index (χ3n) is 3.33. The van der Waals surface area contributed by atoms with Crippen molar-refractivity contribution in [2.45, 2.75) is 20.8 Å². The molecular weight excluding hydrogens is 276 g/mol. The van der Waals surface area contributed by atoms with Gasteiger partial charge in [-0.2, -0.15) is 0 Å². The summed E-state index contributed by atoms with van der Waals surface area (Å²) in [6, 6.07) is 5.08. The van der Waals surface area contributed by atoms with Gasteiger partial charge in [-0.25, -0.2) is 8.42 Å². The molecule has 0 aliphatic heterocycles. The molecule has 1 rings (SSSR count). The van der Waals surface area contributed by atoms with E-state index < -0.39 is 10.0 Å². The highest BCUT2D eigenvalue weighted by Crippen LogP contribution is 2.22. The van der Waals surface area contributed by atoms with Gasteiger partial charge in [0.05, 0.1) is 11.9 Å². The summed E-state index contributed by atoms with van der Waals surface area (Å²) in [4.78, 5) is 14.0. The second-order valence-corrected chi connectivity index (χ2v) is 6.72. The first kappa shape index (κ1) is 16.5. The Hall–Kier alpha value is -1.56. The van der Waals surface area contributed by atoms with Crippen LogP contribution < -0.4 is 4.31 Å². The van der Waals surface area contributed by atoms with Crippen LogP contribution in [0.1, 0.15) is 29.8 Å². The minimum Gasteiger partial charge on any atom is -0.339 e. The van der Waals surface area contributed by atoms with Crippen molar-refractivity contribution >= 4 is 21.6 Å². The second kappa shape index (κ2) is 6.26. The van der Waals surface area contributed by atoms with Crippen LogP contribution in [0.2, 0.25) is 0 Å². The predicted molar refractivity (Wildman–Crippen MR) is 81.7 cm³/mol. The van der Waals surface area contributed by atoms with Crippen LogP contribution in [-0.4, -0.2) is 45.6 Å². The lowest BCUT2D eigenvalue weighted by Crippen LogP contribution is -2.30. The number of carbonyl (C=O) groups is 1. The average Bonchev–Trinajstić information content (AvgIpc) is 2.38. The van der Waals surface area contributed by atoms with Crippen LogP contribution in [-0.2, 0) is 10.0 Å². The van der Waals surface area contributed by atoms with Crippen molar-refractivity contribution in [3.63, 3.8) is 0 Å². The Balaban J connectivity index is 3.14. The average molecular weight is 298 g/mol. The van der Waals surface area contributed by atoms with Crippen LogP contribution in [0.3, 0.4) is 0 Å². The molecule has 20 heavy (non-hydrogen) atoms. The second-order valence-electron chi connectivity index (χ2n) is 4.71. The van der Waals surface area contributed by atoms with Gasteiger partial charge < -0.3 is 4.90 Å². The summed E-state index contributed by atoms with van der Waals surface area (Å²) in [5.74, 6) is -0.0355. The van der Waals surface area contributed by atoms with Gasteiger partial charge in [0.25, 0.3) is 5.91 Å². The molecular formula is C14H22N2O3S. The van der Waals surface area contributed by atoms with Crippen molar-refractivity contribution in [1.29, 1.82) is 0 Å². The molecule has 0 aliphatic carbocycles. The monoisotopic (exact) mass is 298 g/mol. The number of aryl methyl sites for hydroxylation is 1. The topological polar surface area (TPSA) is 57.7 Å². The molecule has 1 amide bonds. The molecule has 0 N–H and O–H groups in total. The molecule has 6 heteroatoms. The van der Waals surface area contributed by atoms with E-state index in [9.17, 15) is 13.2 Å². The highest BCUT2D eigenvalue weighted by Gasteiger charge is 2.17. The minimum atomic E-state index is -3.30. The molecule has 0 atom stereocenters. The van der Waals surface area contributed by atoms with Gasteiger partial charge in [0, 0.05) is 25.7 Å². The minimum absolute atomic E-state index is 0.0355. The number of hydrogen-bond acceptors (Lipinski definition) is 3. The van der Waals surface area contributed by atoms with E-state index in [1.807, 2.05) is 13.8 Å². The van der Waals surface area contributed by atoms with E-state index in [1.54, 1.807) is 30.0 Å². The molecule has 0 aromatic heterocycles. The lowest BCUT2D eigenvalue weighted by atomic mass is 10.1. The maximum atomic E-state index is 12.2. The van der Waals surface area contributed by atoms with Crippen molar-refractivity contribution in [2.24, 2.45) is 0 Å². The Kier molecular flexibility index (Phi) is 5.16. The fraction of sp³-hybridized carbons (Fsp3) is 0.500. The maximum absolute atomic E-state index is 12.2. The van der Waals surface area contributed by atoms with Crippen LogP contribution in [0.4, 0.5) is 5.69 Å². The summed E-state index contributed by atoms with van der Waals surface area (Å²) in [6.07, 6.45) is 1.15. The Labute approximate surface area is 121 Å². The van der Waals surface area contributed by atoms with E-state index in [4.69, 9.17) is 0 Å². The van der Waals surface area contributed by atoms with Gasteiger partial charge in [0.1, 0.15) is 0 Å². The molecule has 0 spiro atoms. The molecule has 0 saturated carbocycles. The van der Waals surface area contributed by atoms with Crippen molar-refractivity contribution in [1.82, 2.24) is 4.90 Å². The van der Waals surface area contributed by atoms with Crippen molar-refractivity contribution in [3.05, 3.63) is 29.3 Å². The number of amides is 1. The van der Waals surface area contributed by atoms with E-state index in [0.717, 1.165) is 11.8 Å². The first-order valence-corrected chi connectivity index (χ1v) is 8.41. The van der Waals surface area contributed by atoms with Gasteiger partial charge in [0.2, 0.25) is 10.0 Å². The Morgan fingerprint density at radius 3 is 2.15 bits per heavy atom. The molecule has 0 aliphatic rings. The maximum Gasteiger partial charge on any atom is 0.253 e. The highest BCUT2D eigenvalue weighted by molar-refractivity contribution is 7.92. The summed E-state index contributed by atoms with van der Waals surface area (Å²) in [5.41, 5.74) is 1.93. The van der Waals surface area contributed by atoms with Crippen molar-refractivity contribution in [3.8, 4) is 0 Å². The zero-order valence-corrected chi connectivity index (χ0v) is 13.5. The SMILES string of the molecule is CCN(CC)C(=O)c1ccc(N(C)S(C)(=O)=O)c(C)c1. The molecule has 1 aromatic rings. The fourth-order valence-corrected chi connectivity index (χ4v) is 2.58. The molecule has 0 saturated heterocycles. The van der Waals surface area contributed by atoms with Gasteiger partial charge in [-0.05, 0) is 44.5 Å². The molecule has 0 radical (unpaired) electrons. The van der Waals surface area contributed by atoms with Crippen molar-refractivity contribution < 1.29 is 13.2 Å². The van der Waals surface area contributed by atoms with E-state index >= 15 is 0 Å².